The van der Waals surface area contributed by atoms with E-state index in [1.807, 2.05) is 30.3 Å². The monoisotopic (exact) mass is 393 g/mol. The summed E-state index contributed by atoms with van der Waals surface area (Å²) in [5, 5.41) is 0.413. The third-order valence-corrected chi connectivity index (χ3v) is 4.92. The maximum Gasteiger partial charge on any atom is 0.203 e. The lowest BCUT2D eigenvalue weighted by Gasteiger charge is -2.13. The topological polar surface area (TPSA) is 70.8 Å². The molecule has 2 N–H and O–H groups in total. The van der Waals surface area contributed by atoms with E-state index in [2.05, 4.69) is 11.8 Å². The third-order valence-electron chi connectivity index (χ3n) is 4.04. The first-order chi connectivity index (χ1) is 13.6. The lowest BCUT2D eigenvalue weighted by atomic mass is 10.0. The van der Waals surface area contributed by atoms with E-state index >= 15 is 0 Å². The Hall–Kier alpha value is -3.43. The van der Waals surface area contributed by atoms with E-state index in [1.165, 1.54) is 32.7 Å². The maximum absolute atomic E-state index is 13.0. The van der Waals surface area contributed by atoms with Crippen molar-refractivity contribution < 1.29 is 19.0 Å². The molecular formula is C22H19NO4S. The van der Waals surface area contributed by atoms with Crippen LogP contribution in [0.5, 0.6) is 17.2 Å². The zero-order valence-corrected chi connectivity index (χ0v) is 16.6. The smallest absolute Gasteiger partial charge is 0.203 e. The van der Waals surface area contributed by atoms with Gasteiger partial charge in [-0.1, -0.05) is 30.0 Å². The number of rotatable bonds is 5. The number of carbonyl (C=O) groups excluding carboxylic acids is 1. The lowest BCUT2D eigenvalue weighted by Crippen LogP contribution is -2.05. The Morgan fingerprint density at radius 1 is 0.929 bits per heavy atom. The fraction of sp³-hybridized carbons (Fsp3) is 0.136. The van der Waals surface area contributed by atoms with Crippen molar-refractivity contribution in [3.05, 3.63) is 70.1 Å². The second-order valence-corrected chi connectivity index (χ2v) is 6.83. The number of ether oxygens (including phenoxy) is 3. The largest absolute Gasteiger partial charge is 0.493 e. The third kappa shape index (κ3) is 3.95. The SMILES string of the molecule is COc1cc(C(=O)c2cc(C#Cc3ccccc3)sc2N)cc(OC)c1OC. The summed E-state index contributed by atoms with van der Waals surface area (Å²) in [6.45, 7) is 0. The zero-order chi connectivity index (χ0) is 20.1. The Balaban J connectivity index is 1.96. The van der Waals surface area contributed by atoms with Crippen LogP contribution in [0, 0.1) is 11.8 Å². The minimum Gasteiger partial charge on any atom is -0.493 e. The van der Waals surface area contributed by atoms with Crippen molar-refractivity contribution >= 4 is 22.1 Å². The minimum atomic E-state index is -0.235. The molecule has 0 atom stereocenters. The predicted molar refractivity (Wildman–Crippen MR) is 111 cm³/mol. The first-order valence-electron chi connectivity index (χ1n) is 8.38. The van der Waals surface area contributed by atoms with E-state index in [-0.39, 0.29) is 5.78 Å². The molecule has 0 unspecified atom stereocenters. The summed E-state index contributed by atoms with van der Waals surface area (Å²) < 4.78 is 15.9. The number of nitrogen functional groups attached to an aromatic ring is 1. The van der Waals surface area contributed by atoms with Crippen LogP contribution in [0.15, 0.2) is 48.5 Å². The van der Waals surface area contributed by atoms with Crippen LogP contribution < -0.4 is 19.9 Å². The first kappa shape index (κ1) is 19.3. The highest BCUT2D eigenvalue weighted by Crippen LogP contribution is 2.39. The molecule has 0 aliphatic heterocycles. The number of nitrogens with two attached hydrogens (primary N) is 1. The number of hydrogen-bond donors (Lipinski definition) is 1. The van der Waals surface area contributed by atoms with Gasteiger partial charge in [0, 0.05) is 11.1 Å². The summed E-state index contributed by atoms with van der Waals surface area (Å²) in [5.74, 6) is 7.13. The van der Waals surface area contributed by atoms with Crippen molar-refractivity contribution in [3.8, 4) is 29.1 Å². The fourth-order valence-electron chi connectivity index (χ4n) is 2.67. The van der Waals surface area contributed by atoms with Crippen LogP contribution >= 0.6 is 11.3 Å². The van der Waals surface area contributed by atoms with E-state index < -0.39 is 0 Å². The van der Waals surface area contributed by atoms with Gasteiger partial charge in [-0.3, -0.25) is 4.79 Å². The Kier molecular flexibility index (Phi) is 5.87. The first-order valence-corrected chi connectivity index (χ1v) is 9.20. The summed E-state index contributed by atoms with van der Waals surface area (Å²) in [5.41, 5.74) is 7.77. The molecule has 0 radical (unpaired) electrons. The molecule has 0 bridgehead atoms. The molecule has 1 aromatic heterocycles. The highest BCUT2D eigenvalue weighted by atomic mass is 32.1. The second-order valence-electron chi connectivity index (χ2n) is 5.75. The molecule has 5 nitrogen and oxygen atoms in total. The summed E-state index contributed by atoms with van der Waals surface area (Å²) in [4.78, 5) is 13.7. The van der Waals surface area contributed by atoms with Gasteiger partial charge in [-0.15, -0.1) is 11.3 Å². The van der Waals surface area contributed by atoms with E-state index in [1.54, 1.807) is 18.2 Å². The molecule has 0 aliphatic rings. The van der Waals surface area contributed by atoms with Crippen LogP contribution in [0.4, 0.5) is 5.00 Å². The van der Waals surface area contributed by atoms with Crippen LogP contribution in [0.25, 0.3) is 0 Å². The van der Waals surface area contributed by atoms with Crippen LogP contribution in [0.3, 0.4) is 0 Å². The van der Waals surface area contributed by atoms with Gasteiger partial charge in [-0.2, -0.15) is 0 Å². The van der Waals surface area contributed by atoms with Crippen molar-refractivity contribution in [3.63, 3.8) is 0 Å². The van der Waals surface area contributed by atoms with Gasteiger partial charge >= 0.3 is 0 Å². The minimum absolute atomic E-state index is 0.235. The van der Waals surface area contributed by atoms with Gasteiger partial charge in [0.15, 0.2) is 17.3 Å². The Morgan fingerprint density at radius 3 is 2.14 bits per heavy atom. The number of hydrogen-bond acceptors (Lipinski definition) is 6. The molecule has 3 aromatic rings. The molecule has 28 heavy (non-hydrogen) atoms. The second kappa shape index (κ2) is 8.51. The highest BCUT2D eigenvalue weighted by Gasteiger charge is 2.21. The molecule has 2 aromatic carbocycles. The molecule has 0 amide bonds. The number of anilines is 1. The van der Waals surface area contributed by atoms with Gasteiger partial charge < -0.3 is 19.9 Å². The van der Waals surface area contributed by atoms with Crippen molar-refractivity contribution in [1.82, 2.24) is 0 Å². The van der Waals surface area contributed by atoms with Crippen molar-refractivity contribution in [1.29, 1.82) is 0 Å². The Labute approximate surface area is 167 Å². The summed E-state index contributed by atoms with van der Waals surface area (Å²) >= 11 is 1.28. The van der Waals surface area contributed by atoms with Gasteiger partial charge in [0.1, 0.15) is 0 Å². The van der Waals surface area contributed by atoms with Crippen molar-refractivity contribution in [2.75, 3.05) is 27.1 Å². The number of benzene rings is 2. The molecule has 1 heterocycles. The van der Waals surface area contributed by atoms with Gasteiger partial charge in [0.05, 0.1) is 36.8 Å². The summed E-state index contributed by atoms with van der Waals surface area (Å²) in [6.07, 6.45) is 0. The molecule has 6 heteroatoms. The molecule has 0 aliphatic carbocycles. The highest BCUT2D eigenvalue weighted by molar-refractivity contribution is 7.16. The molecule has 0 saturated heterocycles. The normalized spacial score (nSPS) is 9.96. The molecule has 142 valence electrons. The molecule has 0 saturated carbocycles. The van der Waals surface area contributed by atoms with Gasteiger partial charge in [0.25, 0.3) is 0 Å². The average Bonchev–Trinajstić information content (AvgIpc) is 3.11. The number of thiophene rings is 1. The standard InChI is InChI=1S/C22H19NO4S/c1-25-18-11-15(12-19(26-2)21(18)27-3)20(24)17-13-16(28-22(17)23)10-9-14-7-5-4-6-8-14/h4-8,11-13H,23H2,1-3H3. The summed E-state index contributed by atoms with van der Waals surface area (Å²) in [6, 6.07) is 14.5. The van der Waals surface area contributed by atoms with Crippen LogP contribution in [0.2, 0.25) is 0 Å². The van der Waals surface area contributed by atoms with Crippen molar-refractivity contribution in [2.45, 2.75) is 0 Å². The van der Waals surface area contributed by atoms with Gasteiger partial charge in [0.2, 0.25) is 5.75 Å². The molecular weight excluding hydrogens is 374 g/mol. The van der Waals surface area contributed by atoms with Crippen LogP contribution in [-0.2, 0) is 0 Å². The van der Waals surface area contributed by atoms with E-state index in [9.17, 15) is 4.79 Å². The van der Waals surface area contributed by atoms with Crippen molar-refractivity contribution in [2.24, 2.45) is 0 Å². The Bertz CT molecular complexity index is 1040. The number of carbonyl (C=O) groups is 1. The quantitative estimate of drug-likeness (QED) is 0.524. The fourth-order valence-corrected chi connectivity index (χ4v) is 3.44. The predicted octanol–water partition coefficient (Wildman–Crippen LogP) is 3.99. The average molecular weight is 393 g/mol. The van der Waals surface area contributed by atoms with Crippen LogP contribution in [0.1, 0.15) is 26.4 Å². The molecule has 0 spiro atoms. The van der Waals surface area contributed by atoms with Gasteiger partial charge in [-0.05, 0) is 30.3 Å². The molecule has 3 rings (SSSR count). The zero-order valence-electron chi connectivity index (χ0n) is 15.7. The lowest BCUT2D eigenvalue weighted by molar-refractivity contribution is 0.103. The number of methoxy groups -OCH3 is 3. The summed E-state index contributed by atoms with van der Waals surface area (Å²) in [7, 11) is 4.51. The van der Waals surface area contributed by atoms with E-state index in [4.69, 9.17) is 19.9 Å². The van der Waals surface area contributed by atoms with Gasteiger partial charge in [-0.25, -0.2) is 0 Å². The molecule has 0 fully saturated rings. The maximum atomic E-state index is 13.0. The van der Waals surface area contributed by atoms with E-state index in [0.29, 0.717) is 33.4 Å². The van der Waals surface area contributed by atoms with Crippen LogP contribution in [-0.4, -0.2) is 27.1 Å². The Morgan fingerprint density at radius 2 is 1.57 bits per heavy atom. The number of ketones is 1. The van der Waals surface area contributed by atoms with E-state index in [0.717, 1.165) is 10.4 Å².